The molecule has 0 amide bonds. The molecule has 0 spiro atoms. The lowest BCUT2D eigenvalue weighted by Crippen LogP contribution is -2.37. The van der Waals surface area contributed by atoms with Crippen LogP contribution >= 0.6 is 0 Å². The number of rotatable bonds is 8. The highest BCUT2D eigenvalue weighted by atomic mass is 15.0. The number of nitrogens with one attached hydrogen (secondary N) is 2. The van der Waals surface area contributed by atoms with E-state index in [1.807, 2.05) is 0 Å². The van der Waals surface area contributed by atoms with E-state index in [0.717, 1.165) is 19.1 Å². The first-order valence-corrected chi connectivity index (χ1v) is 7.26. The van der Waals surface area contributed by atoms with Crippen molar-refractivity contribution < 1.29 is 0 Å². The van der Waals surface area contributed by atoms with Crippen LogP contribution < -0.4 is 10.6 Å². The largest absolute Gasteiger partial charge is 0.313 e. The van der Waals surface area contributed by atoms with Crippen LogP contribution in [-0.2, 0) is 6.42 Å². The van der Waals surface area contributed by atoms with Crippen molar-refractivity contribution in [3.8, 4) is 0 Å². The van der Waals surface area contributed by atoms with Gasteiger partial charge in [0, 0.05) is 18.6 Å². The molecule has 1 atom stereocenters. The second kappa shape index (κ2) is 6.91. The van der Waals surface area contributed by atoms with Crippen molar-refractivity contribution in [3.05, 3.63) is 35.4 Å². The summed E-state index contributed by atoms with van der Waals surface area (Å²) in [5, 5.41) is 7.15. The highest BCUT2D eigenvalue weighted by Gasteiger charge is 2.20. The Kier molecular flexibility index (Phi) is 5.21. The van der Waals surface area contributed by atoms with Crippen LogP contribution in [0.5, 0.6) is 0 Å². The van der Waals surface area contributed by atoms with E-state index >= 15 is 0 Å². The first-order valence-electron chi connectivity index (χ1n) is 7.26. The predicted octanol–water partition coefficient (Wildman–Crippen LogP) is 2.66. The van der Waals surface area contributed by atoms with E-state index < -0.39 is 0 Å². The maximum Gasteiger partial charge on any atom is 0.0164 e. The Morgan fingerprint density at radius 1 is 1.33 bits per heavy atom. The van der Waals surface area contributed by atoms with Crippen LogP contribution in [-0.4, -0.2) is 25.2 Å². The third kappa shape index (κ3) is 5.19. The van der Waals surface area contributed by atoms with Gasteiger partial charge in [0.1, 0.15) is 0 Å². The molecule has 1 saturated carbocycles. The molecule has 2 heteroatoms. The molecule has 1 aromatic carbocycles. The molecule has 0 saturated heterocycles. The van der Waals surface area contributed by atoms with E-state index in [2.05, 4.69) is 48.7 Å². The summed E-state index contributed by atoms with van der Waals surface area (Å²) in [7, 11) is 0. The normalized spacial score (nSPS) is 16.8. The zero-order valence-electron chi connectivity index (χ0n) is 11.7. The Morgan fingerprint density at radius 2 is 2.17 bits per heavy atom. The molecule has 0 aromatic heterocycles. The first-order chi connectivity index (χ1) is 8.74. The van der Waals surface area contributed by atoms with Gasteiger partial charge in [-0.3, -0.25) is 0 Å². The average Bonchev–Trinajstić information content (AvgIpc) is 3.16. The van der Waals surface area contributed by atoms with Crippen molar-refractivity contribution >= 4 is 0 Å². The molecule has 2 N–H and O–H groups in total. The average molecular weight is 246 g/mol. The van der Waals surface area contributed by atoms with Gasteiger partial charge < -0.3 is 10.6 Å². The molecule has 0 aliphatic heterocycles. The van der Waals surface area contributed by atoms with Crippen LogP contribution in [0.2, 0.25) is 0 Å². The molecule has 0 radical (unpaired) electrons. The van der Waals surface area contributed by atoms with Gasteiger partial charge in [-0.1, -0.05) is 29.8 Å². The van der Waals surface area contributed by atoms with Crippen LogP contribution in [0.15, 0.2) is 24.3 Å². The van der Waals surface area contributed by atoms with E-state index in [4.69, 9.17) is 0 Å². The molecule has 1 fully saturated rings. The zero-order valence-corrected chi connectivity index (χ0v) is 11.7. The second-order valence-electron chi connectivity index (χ2n) is 5.63. The van der Waals surface area contributed by atoms with Gasteiger partial charge in [0.2, 0.25) is 0 Å². The number of aryl methyl sites for hydroxylation is 2. The Morgan fingerprint density at radius 3 is 2.89 bits per heavy atom. The van der Waals surface area contributed by atoms with Crippen LogP contribution in [0, 0.1) is 6.92 Å². The van der Waals surface area contributed by atoms with Crippen LogP contribution in [0.1, 0.15) is 37.3 Å². The van der Waals surface area contributed by atoms with Gasteiger partial charge in [0.15, 0.2) is 0 Å². The number of benzene rings is 1. The zero-order chi connectivity index (χ0) is 12.8. The molecular weight excluding hydrogens is 220 g/mol. The molecule has 1 unspecified atom stereocenters. The molecule has 0 bridgehead atoms. The first kappa shape index (κ1) is 13.6. The Hall–Kier alpha value is -0.860. The summed E-state index contributed by atoms with van der Waals surface area (Å²) in [6.45, 7) is 6.64. The topological polar surface area (TPSA) is 24.1 Å². The van der Waals surface area contributed by atoms with E-state index in [9.17, 15) is 0 Å². The lowest BCUT2D eigenvalue weighted by molar-refractivity contribution is 0.494. The minimum Gasteiger partial charge on any atom is -0.313 e. The quantitative estimate of drug-likeness (QED) is 0.689. The maximum atomic E-state index is 3.59. The van der Waals surface area contributed by atoms with Crippen molar-refractivity contribution in [1.29, 1.82) is 0 Å². The van der Waals surface area contributed by atoms with Gasteiger partial charge in [-0.15, -0.1) is 0 Å². The number of hydrogen-bond donors (Lipinski definition) is 2. The summed E-state index contributed by atoms with van der Waals surface area (Å²) in [4.78, 5) is 0. The van der Waals surface area contributed by atoms with Crippen molar-refractivity contribution in [1.82, 2.24) is 10.6 Å². The summed E-state index contributed by atoms with van der Waals surface area (Å²) in [5.41, 5.74) is 2.82. The fraction of sp³-hybridized carbons (Fsp3) is 0.625. The highest BCUT2D eigenvalue weighted by molar-refractivity contribution is 5.22. The molecule has 100 valence electrons. The minimum absolute atomic E-state index is 0.586. The van der Waals surface area contributed by atoms with Crippen LogP contribution in [0.4, 0.5) is 0 Å². The summed E-state index contributed by atoms with van der Waals surface area (Å²) < 4.78 is 0. The van der Waals surface area contributed by atoms with E-state index in [-0.39, 0.29) is 0 Å². The summed E-state index contributed by atoms with van der Waals surface area (Å²) in [6, 6.07) is 10.2. The Labute approximate surface area is 111 Å². The van der Waals surface area contributed by atoms with Crippen LogP contribution in [0.3, 0.4) is 0 Å². The molecule has 2 nitrogen and oxygen atoms in total. The fourth-order valence-electron chi connectivity index (χ4n) is 2.21. The summed E-state index contributed by atoms with van der Waals surface area (Å²) in [5.74, 6) is 0. The predicted molar refractivity (Wildman–Crippen MR) is 78.0 cm³/mol. The Balaban J connectivity index is 1.54. The summed E-state index contributed by atoms with van der Waals surface area (Å²) in [6.07, 6.45) is 5.15. The van der Waals surface area contributed by atoms with Crippen molar-refractivity contribution in [2.75, 3.05) is 13.1 Å². The van der Waals surface area contributed by atoms with Crippen molar-refractivity contribution in [2.24, 2.45) is 0 Å². The molecular formula is C16H26N2. The van der Waals surface area contributed by atoms with Gasteiger partial charge in [-0.25, -0.2) is 0 Å². The van der Waals surface area contributed by atoms with Crippen LogP contribution in [0.25, 0.3) is 0 Å². The maximum absolute atomic E-state index is 3.59. The van der Waals surface area contributed by atoms with Gasteiger partial charge in [0.05, 0.1) is 0 Å². The van der Waals surface area contributed by atoms with Gasteiger partial charge in [-0.05, 0) is 51.6 Å². The fourth-order valence-corrected chi connectivity index (χ4v) is 2.21. The smallest absolute Gasteiger partial charge is 0.0164 e. The van der Waals surface area contributed by atoms with E-state index in [1.54, 1.807) is 0 Å². The molecule has 18 heavy (non-hydrogen) atoms. The molecule has 0 heterocycles. The molecule has 1 aliphatic carbocycles. The molecule has 1 aromatic rings. The van der Waals surface area contributed by atoms with E-state index in [0.29, 0.717) is 6.04 Å². The lowest BCUT2D eigenvalue weighted by atomic mass is 10.1. The minimum atomic E-state index is 0.586. The van der Waals surface area contributed by atoms with E-state index in [1.165, 1.54) is 36.8 Å². The van der Waals surface area contributed by atoms with Gasteiger partial charge in [0.25, 0.3) is 0 Å². The lowest BCUT2D eigenvalue weighted by Gasteiger charge is -2.14. The standard InChI is InChI=1S/C16H26N2/c1-13-5-3-6-15(11-13)7-4-10-17-14(2)12-18-16-8-9-16/h3,5-6,11,14,16-18H,4,7-10,12H2,1-2H3. The monoisotopic (exact) mass is 246 g/mol. The Bertz CT molecular complexity index is 358. The highest BCUT2D eigenvalue weighted by Crippen LogP contribution is 2.18. The molecule has 1 aliphatic rings. The second-order valence-corrected chi connectivity index (χ2v) is 5.63. The third-order valence-corrected chi connectivity index (χ3v) is 3.51. The van der Waals surface area contributed by atoms with Crippen molar-refractivity contribution in [3.63, 3.8) is 0 Å². The van der Waals surface area contributed by atoms with Crippen molar-refractivity contribution in [2.45, 2.75) is 51.6 Å². The van der Waals surface area contributed by atoms with Gasteiger partial charge >= 0.3 is 0 Å². The SMILES string of the molecule is Cc1cccc(CCCNC(C)CNC2CC2)c1. The molecule has 2 rings (SSSR count). The van der Waals surface area contributed by atoms with Gasteiger partial charge in [-0.2, -0.15) is 0 Å². The number of hydrogen-bond acceptors (Lipinski definition) is 2. The summed E-state index contributed by atoms with van der Waals surface area (Å²) >= 11 is 0. The third-order valence-electron chi connectivity index (χ3n) is 3.51.